The van der Waals surface area contributed by atoms with E-state index in [1.807, 2.05) is 18.2 Å². The molecule has 2 aromatic rings. The lowest BCUT2D eigenvalue weighted by Gasteiger charge is -2.28. The molecule has 1 aromatic carbocycles. The summed E-state index contributed by atoms with van der Waals surface area (Å²) in [7, 11) is 0. The number of unbranched alkanes of at least 4 members (excludes halogenated alkanes) is 2. The van der Waals surface area contributed by atoms with Crippen LogP contribution in [-0.4, -0.2) is 36.5 Å². The second-order valence-electron chi connectivity index (χ2n) is 5.57. The molecule has 0 radical (unpaired) electrons. The fourth-order valence-corrected chi connectivity index (χ4v) is 2.80. The number of anilines is 1. The highest BCUT2D eigenvalue weighted by molar-refractivity contribution is 6.31. The third-order valence-corrected chi connectivity index (χ3v) is 4.13. The van der Waals surface area contributed by atoms with Gasteiger partial charge in [0.05, 0.1) is 13.2 Å². The van der Waals surface area contributed by atoms with Crippen LogP contribution in [0.5, 0.6) is 0 Å². The van der Waals surface area contributed by atoms with Gasteiger partial charge in [0.25, 0.3) is 0 Å². The molecule has 0 bridgehead atoms. The Kier molecular flexibility index (Phi) is 5.32. The van der Waals surface area contributed by atoms with Crippen LogP contribution in [0.2, 0.25) is 5.02 Å². The Morgan fingerprint density at radius 3 is 2.83 bits per heavy atom. The summed E-state index contributed by atoms with van der Waals surface area (Å²) in [5.74, 6) is 7.23. The summed E-state index contributed by atoms with van der Waals surface area (Å²) in [5, 5.41) is 11.5. The minimum Gasteiger partial charge on any atom is -0.378 e. The molecule has 0 N–H and O–H groups in total. The molecule has 1 aliphatic heterocycles. The molecule has 2 heterocycles. The first-order valence-electron chi connectivity index (χ1n) is 8.07. The third-order valence-electron chi connectivity index (χ3n) is 3.90. The van der Waals surface area contributed by atoms with Gasteiger partial charge in [-0.2, -0.15) is 0 Å². The lowest BCUT2D eigenvalue weighted by atomic mass is 10.1. The zero-order chi connectivity index (χ0) is 16.1. The molecule has 0 aliphatic carbocycles. The Bertz CT molecular complexity index is 745. The Morgan fingerprint density at radius 2 is 2.04 bits per heavy atom. The summed E-state index contributed by atoms with van der Waals surface area (Å²) in [4.78, 5) is 2.21. The largest absolute Gasteiger partial charge is 0.378 e. The van der Waals surface area contributed by atoms with Gasteiger partial charge in [0.1, 0.15) is 5.69 Å². The summed E-state index contributed by atoms with van der Waals surface area (Å²) in [6.07, 6.45) is 3.12. The van der Waals surface area contributed by atoms with Crippen molar-refractivity contribution in [3.8, 4) is 11.8 Å². The van der Waals surface area contributed by atoms with E-state index in [0.717, 1.165) is 62.2 Å². The fourth-order valence-electron chi connectivity index (χ4n) is 2.62. The molecule has 0 spiro atoms. The highest BCUT2D eigenvalue weighted by atomic mass is 35.5. The Morgan fingerprint density at radius 1 is 1.22 bits per heavy atom. The number of aromatic nitrogens is 2. The van der Waals surface area contributed by atoms with Crippen LogP contribution in [0.4, 0.5) is 5.82 Å². The van der Waals surface area contributed by atoms with Gasteiger partial charge >= 0.3 is 0 Å². The Hall–Kier alpha value is -1.83. The van der Waals surface area contributed by atoms with Gasteiger partial charge in [-0.3, -0.25) is 0 Å². The van der Waals surface area contributed by atoms with E-state index in [1.54, 1.807) is 0 Å². The minimum atomic E-state index is 0.690. The zero-order valence-corrected chi connectivity index (χ0v) is 14.1. The molecular formula is C18H20ClN3O. The van der Waals surface area contributed by atoms with Crippen molar-refractivity contribution in [1.29, 1.82) is 0 Å². The number of rotatable bonds is 3. The van der Waals surface area contributed by atoms with Crippen LogP contribution in [0.25, 0.3) is 10.8 Å². The average Bonchev–Trinajstić information content (AvgIpc) is 2.59. The topological polar surface area (TPSA) is 38.2 Å². The molecule has 0 unspecified atom stereocenters. The van der Waals surface area contributed by atoms with E-state index in [0.29, 0.717) is 10.7 Å². The molecule has 120 valence electrons. The number of morpholine rings is 1. The van der Waals surface area contributed by atoms with E-state index in [1.165, 1.54) is 0 Å². The van der Waals surface area contributed by atoms with Gasteiger partial charge in [-0.1, -0.05) is 30.9 Å². The van der Waals surface area contributed by atoms with Crippen LogP contribution in [0.15, 0.2) is 18.2 Å². The monoisotopic (exact) mass is 329 g/mol. The third kappa shape index (κ3) is 3.74. The first kappa shape index (κ1) is 16.0. The number of ether oxygens (including phenoxy) is 1. The summed E-state index contributed by atoms with van der Waals surface area (Å²) in [6.45, 7) is 5.25. The normalized spacial score (nSPS) is 14.6. The predicted molar refractivity (Wildman–Crippen MR) is 94.0 cm³/mol. The van der Waals surface area contributed by atoms with Crippen molar-refractivity contribution in [1.82, 2.24) is 10.2 Å². The van der Waals surface area contributed by atoms with Crippen molar-refractivity contribution >= 4 is 28.2 Å². The second-order valence-corrected chi connectivity index (χ2v) is 6.00. The standard InChI is InChI=1S/C18H20ClN3O/c1-2-3-4-5-6-17-16-13-14(19)7-8-15(16)18(21-20-17)22-9-11-23-12-10-22/h7-8,13H,2-4,9-12H2,1H3. The molecule has 4 nitrogen and oxygen atoms in total. The first-order chi connectivity index (χ1) is 11.3. The molecule has 3 rings (SSSR count). The molecule has 0 amide bonds. The van der Waals surface area contributed by atoms with Crippen molar-refractivity contribution in [2.75, 3.05) is 31.2 Å². The quantitative estimate of drug-likeness (QED) is 0.636. The molecular weight excluding hydrogens is 310 g/mol. The SMILES string of the molecule is CCCCC#Cc1nnc(N2CCOCC2)c2ccc(Cl)cc12. The highest BCUT2D eigenvalue weighted by Gasteiger charge is 2.17. The molecule has 0 atom stereocenters. The van der Waals surface area contributed by atoms with Gasteiger partial charge in [0.15, 0.2) is 5.82 Å². The van der Waals surface area contributed by atoms with Crippen molar-refractivity contribution in [2.45, 2.75) is 26.2 Å². The van der Waals surface area contributed by atoms with Crippen molar-refractivity contribution in [2.24, 2.45) is 0 Å². The van der Waals surface area contributed by atoms with Gasteiger partial charge in [-0.25, -0.2) is 0 Å². The molecule has 1 aromatic heterocycles. The van der Waals surface area contributed by atoms with Crippen LogP contribution in [-0.2, 0) is 4.74 Å². The summed E-state index contributed by atoms with van der Waals surface area (Å²) >= 11 is 6.18. The lowest BCUT2D eigenvalue weighted by molar-refractivity contribution is 0.122. The van der Waals surface area contributed by atoms with E-state index < -0.39 is 0 Å². The highest BCUT2D eigenvalue weighted by Crippen LogP contribution is 2.28. The number of halogens is 1. The van der Waals surface area contributed by atoms with E-state index in [2.05, 4.69) is 33.9 Å². The summed E-state index contributed by atoms with van der Waals surface area (Å²) < 4.78 is 5.42. The number of benzene rings is 1. The summed E-state index contributed by atoms with van der Waals surface area (Å²) in [5.41, 5.74) is 0.704. The number of hydrogen-bond acceptors (Lipinski definition) is 4. The van der Waals surface area contributed by atoms with Gasteiger partial charge in [0, 0.05) is 35.3 Å². The van der Waals surface area contributed by atoms with E-state index in [9.17, 15) is 0 Å². The average molecular weight is 330 g/mol. The predicted octanol–water partition coefficient (Wildman–Crippen LogP) is 3.66. The van der Waals surface area contributed by atoms with Crippen LogP contribution >= 0.6 is 11.6 Å². The number of nitrogens with zero attached hydrogens (tertiary/aromatic N) is 3. The lowest BCUT2D eigenvalue weighted by Crippen LogP contribution is -2.37. The molecule has 1 aliphatic rings. The first-order valence-corrected chi connectivity index (χ1v) is 8.45. The second kappa shape index (κ2) is 7.63. The molecule has 5 heteroatoms. The number of fused-ring (bicyclic) bond motifs is 1. The maximum atomic E-state index is 6.18. The summed E-state index contributed by atoms with van der Waals surface area (Å²) in [6, 6.07) is 5.83. The van der Waals surface area contributed by atoms with Gasteiger partial charge in [-0.05, 0) is 30.5 Å². The van der Waals surface area contributed by atoms with Gasteiger partial charge in [0.2, 0.25) is 0 Å². The zero-order valence-electron chi connectivity index (χ0n) is 13.3. The molecule has 1 saturated heterocycles. The van der Waals surface area contributed by atoms with Crippen LogP contribution < -0.4 is 4.90 Å². The van der Waals surface area contributed by atoms with Gasteiger partial charge < -0.3 is 9.64 Å². The minimum absolute atomic E-state index is 0.690. The smallest absolute Gasteiger partial charge is 0.159 e. The van der Waals surface area contributed by atoms with Crippen molar-refractivity contribution < 1.29 is 4.74 Å². The van der Waals surface area contributed by atoms with E-state index in [-0.39, 0.29) is 0 Å². The van der Waals surface area contributed by atoms with E-state index in [4.69, 9.17) is 16.3 Å². The molecule has 0 saturated carbocycles. The fraction of sp³-hybridized carbons (Fsp3) is 0.444. The van der Waals surface area contributed by atoms with E-state index >= 15 is 0 Å². The maximum absolute atomic E-state index is 6.18. The van der Waals surface area contributed by atoms with Crippen molar-refractivity contribution in [3.05, 3.63) is 28.9 Å². The van der Waals surface area contributed by atoms with Crippen molar-refractivity contribution in [3.63, 3.8) is 0 Å². The van der Waals surface area contributed by atoms with Crippen LogP contribution in [0.1, 0.15) is 31.9 Å². The molecule has 23 heavy (non-hydrogen) atoms. The maximum Gasteiger partial charge on any atom is 0.159 e. The number of hydrogen-bond donors (Lipinski definition) is 0. The van der Waals surface area contributed by atoms with Crippen LogP contribution in [0, 0.1) is 11.8 Å². The Balaban J connectivity index is 2.02. The van der Waals surface area contributed by atoms with Gasteiger partial charge in [-0.15, -0.1) is 10.2 Å². The van der Waals surface area contributed by atoms with Crippen LogP contribution in [0.3, 0.4) is 0 Å². The molecule has 1 fully saturated rings. The Labute approximate surface area is 141 Å².